The first-order valence-corrected chi connectivity index (χ1v) is 8.53. The topological polar surface area (TPSA) is 46.5 Å². The van der Waals surface area contributed by atoms with E-state index in [-0.39, 0.29) is 0 Å². The van der Waals surface area contributed by atoms with Gasteiger partial charge in [-0.1, -0.05) is 62.0 Å². The van der Waals surface area contributed by atoms with E-state index in [0.29, 0.717) is 18.9 Å². The molecule has 0 saturated carbocycles. The van der Waals surface area contributed by atoms with Crippen molar-refractivity contribution in [3.8, 4) is 0 Å². The number of benzene rings is 2. The lowest BCUT2D eigenvalue weighted by molar-refractivity contribution is -0.151. The van der Waals surface area contributed by atoms with Crippen LogP contribution in [0.4, 0.5) is 0 Å². The van der Waals surface area contributed by atoms with Crippen molar-refractivity contribution in [3.63, 3.8) is 0 Å². The second kappa shape index (κ2) is 8.75. The molecule has 0 bridgehead atoms. The molecule has 0 spiro atoms. The third kappa shape index (κ3) is 5.73. The molecule has 0 radical (unpaired) electrons. The Hall–Kier alpha value is -1.78. The van der Waals surface area contributed by atoms with Crippen LogP contribution < -0.4 is 0 Å². The molecular weight excluding hydrogens is 308 g/mol. The van der Waals surface area contributed by atoms with Gasteiger partial charge in [0, 0.05) is 16.2 Å². The van der Waals surface area contributed by atoms with Crippen LogP contribution in [-0.2, 0) is 16.0 Å². The minimum absolute atomic E-state index is 0.311. The van der Waals surface area contributed by atoms with Crippen molar-refractivity contribution < 1.29 is 14.6 Å². The third-order valence-electron chi connectivity index (χ3n) is 3.26. The van der Waals surface area contributed by atoms with Gasteiger partial charge in [0.05, 0.1) is 6.61 Å². The third-order valence-corrected chi connectivity index (χ3v) is 4.38. The van der Waals surface area contributed by atoms with Crippen LogP contribution in [0.15, 0.2) is 64.4 Å². The van der Waals surface area contributed by atoms with Gasteiger partial charge in [-0.15, -0.1) is 0 Å². The first-order valence-electron chi connectivity index (χ1n) is 7.71. The van der Waals surface area contributed by atoms with Crippen molar-refractivity contribution in [1.29, 1.82) is 0 Å². The molecule has 0 aliphatic rings. The molecule has 2 aromatic rings. The molecule has 0 unspecified atom stereocenters. The zero-order valence-electron chi connectivity index (χ0n) is 13.4. The van der Waals surface area contributed by atoms with E-state index < -0.39 is 12.1 Å². The molecule has 2 aromatic carbocycles. The summed E-state index contributed by atoms with van der Waals surface area (Å²) in [6.45, 7) is 4.47. The fourth-order valence-corrected chi connectivity index (χ4v) is 3.09. The quantitative estimate of drug-likeness (QED) is 0.774. The second-order valence-electron chi connectivity index (χ2n) is 5.78. The molecule has 3 nitrogen and oxygen atoms in total. The van der Waals surface area contributed by atoms with Gasteiger partial charge in [-0.3, -0.25) is 0 Å². The molecule has 0 aliphatic heterocycles. The number of hydrogen-bond donors (Lipinski definition) is 1. The highest BCUT2D eigenvalue weighted by atomic mass is 32.2. The van der Waals surface area contributed by atoms with Gasteiger partial charge in [0.1, 0.15) is 0 Å². The molecule has 4 heteroatoms. The summed E-state index contributed by atoms with van der Waals surface area (Å²) in [4.78, 5) is 13.7. The van der Waals surface area contributed by atoms with Crippen molar-refractivity contribution in [3.05, 3.63) is 60.2 Å². The highest BCUT2D eigenvalue weighted by Crippen LogP contribution is 2.31. The van der Waals surface area contributed by atoms with Crippen molar-refractivity contribution >= 4 is 17.7 Å². The van der Waals surface area contributed by atoms with E-state index in [1.807, 2.05) is 68.4 Å². The Morgan fingerprint density at radius 1 is 1.09 bits per heavy atom. The Morgan fingerprint density at radius 2 is 1.74 bits per heavy atom. The Balaban J connectivity index is 2.13. The highest BCUT2D eigenvalue weighted by molar-refractivity contribution is 7.99. The van der Waals surface area contributed by atoms with Crippen LogP contribution in [0.25, 0.3) is 0 Å². The van der Waals surface area contributed by atoms with Crippen LogP contribution in [-0.4, -0.2) is 23.8 Å². The number of carboxylic acids is 1. The largest absolute Gasteiger partial charge is 0.479 e. The molecule has 0 heterocycles. The first kappa shape index (κ1) is 17.6. The highest BCUT2D eigenvalue weighted by Gasteiger charge is 2.20. The van der Waals surface area contributed by atoms with Crippen molar-refractivity contribution in [2.24, 2.45) is 5.92 Å². The van der Waals surface area contributed by atoms with E-state index in [9.17, 15) is 9.90 Å². The number of aliphatic carboxylic acids is 1. The molecule has 0 fully saturated rings. The van der Waals surface area contributed by atoms with E-state index in [4.69, 9.17) is 4.74 Å². The Bertz CT molecular complexity index is 626. The average Bonchev–Trinajstić information content (AvgIpc) is 2.53. The number of ether oxygens (including phenoxy) is 1. The zero-order valence-corrected chi connectivity index (χ0v) is 14.3. The molecule has 0 aromatic heterocycles. The molecule has 23 heavy (non-hydrogen) atoms. The first-order chi connectivity index (χ1) is 11.1. The SMILES string of the molecule is CC(C)CO[C@H](Cc1ccccc1Sc1ccccc1)C(=O)O. The molecule has 0 amide bonds. The minimum Gasteiger partial charge on any atom is -0.479 e. The average molecular weight is 330 g/mol. The fraction of sp³-hybridized carbons (Fsp3) is 0.316. The lowest BCUT2D eigenvalue weighted by atomic mass is 10.1. The summed E-state index contributed by atoms with van der Waals surface area (Å²) in [5, 5.41) is 9.40. The maximum atomic E-state index is 11.5. The van der Waals surface area contributed by atoms with Gasteiger partial charge in [0.25, 0.3) is 0 Å². The van der Waals surface area contributed by atoms with Crippen LogP contribution in [0.5, 0.6) is 0 Å². The van der Waals surface area contributed by atoms with E-state index in [1.54, 1.807) is 11.8 Å². The molecule has 0 aliphatic carbocycles. The van der Waals surface area contributed by atoms with Crippen LogP contribution in [0.2, 0.25) is 0 Å². The van der Waals surface area contributed by atoms with Crippen LogP contribution >= 0.6 is 11.8 Å². The summed E-state index contributed by atoms with van der Waals surface area (Å²) in [5.41, 5.74) is 0.998. The lowest BCUT2D eigenvalue weighted by Crippen LogP contribution is -2.28. The van der Waals surface area contributed by atoms with Gasteiger partial charge in [-0.2, -0.15) is 0 Å². The fourth-order valence-electron chi connectivity index (χ4n) is 2.11. The second-order valence-corrected chi connectivity index (χ2v) is 6.90. The Labute approximate surface area is 141 Å². The predicted octanol–water partition coefficient (Wildman–Crippen LogP) is 4.51. The monoisotopic (exact) mass is 330 g/mol. The van der Waals surface area contributed by atoms with Crippen LogP contribution in [0, 0.1) is 5.92 Å². The summed E-state index contributed by atoms with van der Waals surface area (Å²) in [6, 6.07) is 18.0. The van der Waals surface area contributed by atoms with E-state index in [0.717, 1.165) is 15.4 Å². The summed E-state index contributed by atoms with van der Waals surface area (Å²) in [5.74, 6) is -0.601. The van der Waals surface area contributed by atoms with Gasteiger partial charge < -0.3 is 9.84 Å². The summed E-state index contributed by atoms with van der Waals surface area (Å²) < 4.78 is 5.57. The normalized spacial score (nSPS) is 12.3. The number of carbonyl (C=O) groups is 1. The van der Waals surface area contributed by atoms with E-state index in [2.05, 4.69) is 0 Å². The Morgan fingerprint density at radius 3 is 2.39 bits per heavy atom. The number of hydrogen-bond acceptors (Lipinski definition) is 3. The smallest absolute Gasteiger partial charge is 0.333 e. The van der Waals surface area contributed by atoms with Gasteiger partial charge in [0.15, 0.2) is 6.10 Å². The zero-order chi connectivity index (χ0) is 16.7. The van der Waals surface area contributed by atoms with E-state index in [1.165, 1.54) is 0 Å². The molecule has 2 rings (SSSR count). The Kier molecular flexibility index (Phi) is 6.68. The molecule has 122 valence electrons. The van der Waals surface area contributed by atoms with Crippen LogP contribution in [0.1, 0.15) is 19.4 Å². The van der Waals surface area contributed by atoms with Crippen molar-refractivity contribution in [2.45, 2.75) is 36.2 Å². The molecule has 1 N–H and O–H groups in total. The predicted molar refractivity (Wildman–Crippen MR) is 92.9 cm³/mol. The van der Waals surface area contributed by atoms with Gasteiger partial charge in [0.2, 0.25) is 0 Å². The summed E-state index contributed by atoms with van der Waals surface area (Å²) in [7, 11) is 0. The molecule has 1 atom stereocenters. The van der Waals surface area contributed by atoms with E-state index >= 15 is 0 Å². The number of rotatable bonds is 8. The van der Waals surface area contributed by atoms with Crippen molar-refractivity contribution in [1.82, 2.24) is 0 Å². The lowest BCUT2D eigenvalue weighted by Gasteiger charge is -2.17. The number of carboxylic acid groups (broad SMARTS) is 1. The minimum atomic E-state index is -0.912. The summed E-state index contributed by atoms with van der Waals surface area (Å²) in [6.07, 6.45) is -0.437. The maximum absolute atomic E-state index is 11.5. The standard InChI is InChI=1S/C19H22O3S/c1-14(2)13-22-17(19(20)21)12-15-8-6-7-11-18(15)23-16-9-4-3-5-10-16/h3-11,14,17H,12-13H2,1-2H3,(H,20,21)/t17-/m1/s1. The summed E-state index contributed by atoms with van der Waals surface area (Å²) >= 11 is 1.64. The van der Waals surface area contributed by atoms with Gasteiger partial charge in [-0.05, 0) is 29.7 Å². The molecular formula is C19H22O3S. The molecule has 0 saturated heterocycles. The maximum Gasteiger partial charge on any atom is 0.333 e. The van der Waals surface area contributed by atoms with Gasteiger partial charge in [-0.25, -0.2) is 4.79 Å². The van der Waals surface area contributed by atoms with Gasteiger partial charge >= 0.3 is 5.97 Å². The van der Waals surface area contributed by atoms with Crippen molar-refractivity contribution in [2.75, 3.05) is 6.61 Å². The van der Waals surface area contributed by atoms with Crippen LogP contribution in [0.3, 0.4) is 0 Å².